The van der Waals surface area contributed by atoms with E-state index in [-0.39, 0.29) is 19.6 Å². The Bertz CT molecular complexity index is 206. The van der Waals surface area contributed by atoms with Crippen LogP contribution in [-0.4, -0.2) is 25.2 Å². The van der Waals surface area contributed by atoms with Gasteiger partial charge in [0.25, 0.3) is 0 Å². The molecule has 0 amide bonds. The molecule has 5 heteroatoms. The van der Waals surface area contributed by atoms with E-state index in [9.17, 15) is 9.59 Å². The standard InChI is InChI=1S/C7H9NO4/c1-2-11-6(9)7(10)12-5-3-4-8/h2-3,5H2,1H3. The average molecular weight is 171 g/mol. The molecule has 0 aromatic rings. The summed E-state index contributed by atoms with van der Waals surface area (Å²) in [5, 5.41) is 8.06. The van der Waals surface area contributed by atoms with Crippen molar-refractivity contribution >= 4 is 11.9 Å². The van der Waals surface area contributed by atoms with Crippen molar-refractivity contribution < 1.29 is 19.1 Å². The molecule has 0 saturated carbocycles. The quantitative estimate of drug-likeness (QED) is 0.339. The Labute approximate surface area is 69.9 Å². The molecule has 0 aliphatic carbocycles. The van der Waals surface area contributed by atoms with Gasteiger partial charge in [-0.1, -0.05) is 0 Å². The van der Waals surface area contributed by atoms with E-state index in [4.69, 9.17) is 5.26 Å². The highest BCUT2D eigenvalue weighted by molar-refractivity contribution is 6.29. The lowest BCUT2D eigenvalue weighted by molar-refractivity contribution is -0.167. The first-order valence-electron chi connectivity index (χ1n) is 3.43. The van der Waals surface area contributed by atoms with Gasteiger partial charge in [-0.2, -0.15) is 5.26 Å². The van der Waals surface area contributed by atoms with E-state index < -0.39 is 11.9 Å². The minimum Gasteiger partial charge on any atom is -0.458 e. The van der Waals surface area contributed by atoms with Crippen LogP contribution in [0.3, 0.4) is 0 Å². The molecular weight excluding hydrogens is 162 g/mol. The molecule has 12 heavy (non-hydrogen) atoms. The van der Waals surface area contributed by atoms with Gasteiger partial charge in [0, 0.05) is 0 Å². The molecule has 0 aromatic heterocycles. The number of carbonyl (C=O) groups is 2. The highest BCUT2D eigenvalue weighted by Gasteiger charge is 2.15. The lowest BCUT2D eigenvalue weighted by Gasteiger charge is -2.00. The van der Waals surface area contributed by atoms with Crippen LogP contribution < -0.4 is 0 Å². The van der Waals surface area contributed by atoms with Crippen LogP contribution in [0.5, 0.6) is 0 Å². The predicted octanol–water partition coefficient (Wildman–Crippen LogP) is 0.00638. The number of nitrogens with zero attached hydrogens (tertiary/aromatic N) is 1. The fourth-order valence-corrected chi connectivity index (χ4v) is 0.438. The molecule has 0 saturated heterocycles. The van der Waals surface area contributed by atoms with Crippen LogP contribution in [0.25, 0.3) is 0 Å². The summed E-state index contributed by atoms with van der Waals surface area (Å²) >= 11 is 0. The first-order valence-corrected chi connectivity index (χ1v) is 3.43. The molecule has 0 radical (unpaired) electrons. The summed E-state index contributed by atoms with van der Waals surface area (Å²) in [7, 11) is 0. The van der Waals surface area contributed by atoms with E-state index in [0.717, 1.165) is 0 Å². The van der Waals surface area contributed by atoms with Gasteiger partial charge in [-0.15, -0.1) is 0 Å². The molecule has 0 aliphatic heterocycles. The molecule has 0 fully saturated rings. The summed E-state index contributed by atoms with van der Waals surface area (Å²) in [6, 6.07) is 1.76. The van der Waals surface area contributed by atoms with Crippen molar-refractivity contribution in [3.05, 3.63) is 0 Å². The Morgan fingerprint density at radius 2 is 1.92 bits per heavy atom. The summed E-state index contributed by atoms with van der Waals surface area (Å²) < 4.78 is 8.70. The number of esters is 2. The summed E-state index contributed by atoms with van der Waals surface area (Å²) in [5.41, 5.74) is 0. The average Bonchev–Trinajstić information content (AvgIpc) is 2.05. The van der Waals surface area contributed by atoms with Gasteiger partial charge in [-0.25, -0.2) is 9.59 Å². The number of hydrogen-bond donors (Lipinski definition) is 0. The van der Waals surface area contributed by atoms with Gasteiger partial charge < -0.3 is 9.47 Å². The monoisotopic (exact) mass is 171 g/mol. The Balaban J connectivity index is 3.59. The summed E-state index contributed by atoms with van der Waals surface area (Å²) in [4.78, 5) is 21.2. The van der Waals surface area contributed by atoms with Gasteiger partial charge in [-0.05, 0) is 6.92 Å². The molecule has 5 nitrogen and oxygen atoms in total. The van der Waals surface area contributed by atoms with Crippen LogP contribution >= 0.6 is 0 Å². The van der Waals surface area contributed by atoms with Crippen molar-refractivity contribution in [3.8, 4) is 6.07 Å². The molecule has 0 spiro atoms. The maximum absolute atomic E-state index is 10.6. The number of nitriles is 1. The molecular formula is C7H9NO4. The van der Waals surface area contributed by atoms with Crippen molar-refractivity contribution in [3.63, 3.8) is 0 Å². The Morgan fingerprint density at radius 3 is 2.42 bits per heavy atom. The molecule has 0 atom stereocenters. The van der Waals surface area contributed by atoms with E-state index in [0.29, 0.717) is 0 Å². The molecule has 0 N–H and O–H groups in total. The SMILES string of the molecule is CCOC(=O)C(=O)OCCC#N. The zero-order valence-electron chi connectivity index (χ0n) is 6.70. The maximum atomic E-state index is 10.6. The largest absolute Gasteiger partial charge is 0.458 e. The minimum absolute atomic E-state index is 0.0745. The van der Waals surface area contributed by atoms with Crippen molar-refractivity contribution in [1.29, 1.82) is 5.26 Å². The van der Waals surface area contributed by atoms with E-state index in [1.165, 1.54) is 0 Å². The topological polar surface area (TPSA) is 76.4 Å². The van der Waals surface area contributed by atoms with Gasteiger partial charge in [0.1, 0.15) is 6.61 Å². The molecule has 0 aromatic carbocycles. The molecule has 0 rings (SSSR count). The lowest BCUT2D eigenvalue weighted by Crippen LogP contribution is -2.20. The zero-order valence-corrected chi connectivity index (χ0v) is 6.70. The number of carbonyl (C=O) groups excluding carboxylic acids is 2. The number of rotatable bonds is 3. The van der Waals surface area contributed by atoms with Crippen LogP contribution in [0.4, 0.5) is 0 Å². The second-order valence-electron chi connectivity index (χ2n) is 1.76. The summed E-state index contributed by atoms with van der Waals surface area (Å²) in [6.45, 7) is 1.64. The Morgan fingerprint density at radius 1 is 1.33 bits per heavy atom. The fourth-order valence-electron chi connectivity index (χ4n) is 0.438. The molecule has 66 valence electrons. The van der Waals surface area contributed by atoms with E-state index in [2.05, 4.69) is 9.47 Å². The van der Waals surface area contributed by atoms with Crippen molar-refractivity contribution in [2.45, 2.75) is 13.3 Å². The van der Waals surface area contributed by atoms with Crippen LogP contribution in [0.2, 0.25) is 0 Å². The first-order chi connectivity index (χ1) is 5.72. The minimum atomic E-state index is -1.05. The highest BCUT2D eigenvalue weighted by Crippen LogP contribution is 1.86. The van der Waals surface area contributed by atoms with Gasteiger partial charge in [0.2, 0.25) is 0 Å². The number of hydrogen-bond acceptors (Lipinski definition) is 5. The van der Waals surface area contributed by atoms with Gasteiger partial charge in [0.05, 0.1) is 19.1 Å². The third-order valence-electron chi connectivity index (χ3n) is 0.889. The fraction of sp³-hybridized carbons (Fsp3) is 0.571. The highest BCUT2D eigenvalue weighted by atomic mass is 16.6. The van der Waals surface area contributed by atoms with Crippen molar-refractivity contribution in [2.75, 3.05) is 13.2 Å². The van der Waals surface area contributed by atoms with E-state index >= 15 is 0 Å². The smallest absolute Gasteiger partial charge is 0.417 e. The molecule has 0 unspecified atom stereocenters. The van der Waals surface area contributed by atoms with Crippen LogP contribution in [-0.2, 0) is 19.1 Å². The lowest BCUT2D eigenvalue weighted by atomic mass is 10.5. The Hall–Kier alpha value is -1.57. The van der Waals surface area contributed by atoms with Crippen LogP contribution in [0.15, 0.2) is 0 Å². The first kappa shape index (κ1) is 10.4. The summed E-state index contributed by atoms with van der Waals surface area (Å²) in [5.74, 6) is -2.07. The molecule has 0 aliphatic rings. The van der Waals surface area contributed by atoms with E-state index in [1.54, 1.807) is 13.0 Å². The van der Waals surface area contributed by atoms with Crippen LogP contribution in [0.1, 0.15) is 13.3 Å². The number of ether oxygens (including phenoxy) is 2. The van der Waals surface area contributed by atoms with Gasteiger partial charge >= 0.3 is 11.9 Å². The molecule has 0 heterocycles. The third-order valence-corrected chi connectivity index (χ3v) is 0.889. The Kier molecular flexibility index (Phi) is 5.35. The van der Waals surface area contributed by atoms with Crippen LogP contribution in [0, 0.1) is 11.3 Å². The molecule has 0 bridgehead atoms. The van der Waals surface area contributed by atoms with Gasteiger partial charge in [-0.3, -0.25) is 0 Å². The zero-order chi connectivity index (χ0) is 9.40. The second-order valence-corrected chi connectivity index (χ2v) is 1.76. The third kappa shape index (κ3) is 4.28. The second kappa shape index (κ2) is 6.16. The van der Waals surface area contributed by atoms with Crippen molar-refractivity contribution in [1.82, 2.24) is 0 Å². The summed E-state index contributed by atoms with van der Waals surface area (Å²) in [6.07, 6.45) is 0.0745. The maximum Gasteiger partial charge on any atom is 0.417 e. The van der Waals surface area contributed by atoms with Gasteiger partial charge in [0.15, 0.2) is 0 Å². The predicted molar refractivity (Wildman–Crippen MR) is 37.8 cm³/mol. The van der Waals surface area contributed by atoms with E-state index in [1.807, 2.05) is 0 Å². The van der Waals surface area contributed by atoms with Crippen molar-refractivity contribution in [2.24, 2.45) is 0 Å². The normalized spacial score (nSPS) is 8.33.